The number of carbonyl (C=O) groups excluding carboxylic acids is 6. The number of piperidine rings is 1. The normalized spacial score (nSPS) is 41.7. The number of esters is 1. The monoisotopic (exact) mass is 1330 g/mol. The highest BCUT2D eigenvalue weighted by atomic mass is 16.8. The van der Waals surface area contributed by atoms with Gasteiger partial charge in [0.2, 0.25) is 12.1 Å². The van der Waals surface area contributed by atoms with Gasteiger partial charge in [0, 0.05) is 58.5 Å². The Labute approximate surface area is 544 Å². The number of Topliss-reactive ketones (excluding diaryl/α,β-unsaturated/α-hetero) is 3. The van der Waals surface area contributed by atoms with E-state index >= 15 is 0 Å². The smallest absolute Gasteiger partial charge is 0.460 e. The Morgan fingerprint density at radius 1 is 0.742 bits per heavy atom. The maximum absolute atomic E-state index is 14.7. The Bertz CT molecular complexity index is 2580. The average molecular weight is 1330 g/mol. The summed E-state index contributed by atoms with van der Waals surface area (Å²) in [5.74, 6) is -9.02. The number of aliphatic hydroxyl groups excluding tert-OH is 8. The Balaban J connectivity index is 1.13. The summed E-state index contributed by atoms with van der Waals surface area (Å²) < 4.78 is 62.7. The fourth-order valence-corrected chi connectivity index (χ4v) is 13.4. The van der Waals surface area contributed by atoms with Crippen LogP contribution >= 0.6 is 0 Å². The molecular weight excluding hydrogens is 1220 g/mol. The molecule has 4 saturated heterocycles. The van der Waals surface area contributed by atoms with Crippen molar-refractivity contribution in [3.63, 3.8) is 0 Å². The fourth-order valence-electron chi connectivity index (χ4n) is 13.4. The molecule has 528 valence electrons. The molecule has 2 bridgehead atoms. The van der Waals surface area contributed by atoms with Crippen molar-refractivity contribution in [2.75, 3.05) is 54.3 Å². The van der Waals surface area contributed by atoms with Gasteiger partial charge in [-0.15, -0.1) is 0 Å². The summed E-state index contributed by atoms with van der Waals surface area (Å²) in [7, 11) is 4.41. The average Bonchev–Trinajstić information content (AvgIpc) is 0.786. The summed E-state index contributed by atoms with van der Waals surface area (Å²) in [4.78, 5) is 85.9. The van der Waals surface area contributed by atoms with Crippen molar-refractivity contribution in [1.82, 2.24) is 4.90 Å². The maximum Gasteiger partial charge on any atom is 0.510 e. The molecule has 1 saturated carbocycles. The molecule has 27 nitrogen and oxygen atoms in total. The molecule has 1 aliphatic carbocycles. The number of cyclic esters (lactones) is 1. The summed E-state index contributed by atoms with van der Waals surface area (Å²) in [6, 6.07) is -1.25. The van der Waals surface area contributed by atoms with Crippen molar-refractivity contribution in [3.05, 3.63) is 47.6 Å². The third-order valence-electron chi connectivity index (χ3n) is 19.3. The summed E-state index contributed by atoms with van der Waals surface area (Å²) in [5, 5.41) is 95.8. The van der Waals surface area contributed by atoms with Crippen molar-refractivity contribution in [1.29, 1.82) is 0 Å². The van der Waals surface area contributed by atoms with Crippen molar-refractivity contribution < 1.29 is 127 Å². The van der Waals surface area contributed by atoms with Gasteiger partial charge in [-0.05, 0) is 107 Å². The van der Waals surface area contributed by atoms with Crippen LogP contribution < -0.4 is 0 Å². The molecule has 0 aromatic heterocycles. The molecule has 9 N–H and O–H groups in total. The van der Waals surface area contributed by atoms with Crippen LogP contribution in [0.3, 0.4) is 0 Å². The first-order valence-electron chi connectivity index (χ1n) is 32.6. The van der Waals surface area contributed by atoms with E-state index in [0.717, 1.165) is 10.5 Å². The maximum atomic E-state index is 14.7. The molecule has 25 atom stereocenters. The van der Waals surface area contributed by atoms with Crippen LogP contribution in [0.15, 0.2) is 47.6 Å². The third-order valence-corrected chi connectivity index (χ3v) is 19.3. The molecule has 0 aromatic rings. The summed E-state index contributed by atoms with van der Waals surface area (Å²) in [5.41, 5.74) is 1.16. The van der Waals surface area contributed by atoms with E-state index in [1.165, 1.54) is 14.2 Å². The van der Waals surface area contributed by atoms with Gasteiger partial charge in [0.15, 0.2) is 12.1 Å². The second-order valence-electron chi connectivity index (χ2n) is 26.2. The van der Waals surface area contributed by atoms with E-state index in [-0.39, 0.29) is 62.4 Å². The molecule has 0 radical (unpaired) electrons. The number of aliphatic hydroxyl groups is 9. The van der Waals surface area contributed by atoms with E-state index < -0.39 is 177 Å². The van der Waals surface area contributed by atoms with Crippen LogP contribution in [-0.2, 0) is 76.1 Å². The van der Waals surface area contributed by atoms with Gasteiger partial charge < -0.3 is 103 Å². The Hall–Kier alpha value is -4.50. The number of hydrogen-bond donors (Lipinski definition) is 9. The first-order chi connectivity index (χ1) is 44.1. The first kappa shape index (κ1) is 77.5. The second-order valence-corrected chi connectivity index (χ2v) is 26.2. The number of hydrogen-bond acceptors (Lipinski definition) is 26. The Kier molecular flexibility index (Phi) is 30.2. The van der Waals surface area contributed by atoms with Gasteiger partial charge in [0.05, 0.1) is 44.2 Å². The van der Waals surface area contributed by atoms with Gasteiger partial charge in [0.25, 0.3) is 11.7 Å². The van der Waals surface area contributed by atoms with Crippen molar-refractivity contribution in [2.45, 2.75) is 241 Å². The first-order valence-corrected chi connectivity index (χ1v) is 32.6. The molecule has 93 heavy (non-hydrogen) atoms. The minimum atomic E-state index is -2.51. The van der Waals surface area contributed by atoms with Crippen molar-refractivity contribution in [3.8, 4) is 0 Å². The minimum absolute atomic E-state index is 0.0102. The van der Waals surface area contributed by atoms with Gasteiger partial charge in [-0.2, -0.15) is 0 Å². The Morgan fingerprint density at radius 3 is 2.12 bits per heavy atom. The number of nitrogens with zero attached hydrogens (tertiary/aromatic N) is 1. The van der Waals surface area contributed by atoms with Gasteiger partial charge in [-0.1, -0.05) is 71.1 Å². The number of carbonyl (C=O) groups is 6. The number of fused-ring (bicyclic) bond motifs is 3. The number of methoxy groups -OCH3 is 3. The van der Waals surface area contributed by atoms with E-state index in [0.29, 0.717) is 63.4 Å². The summed E-state index contributed by atoms with van der Waals surface area (Å²) in [6.45, 7) is 10.3. The van der Waals surface area contributed by atoms with Gasteiger partial charge in [-0.25, -0.2) is 9.59 Å². The lowest BCUT2D eigenvalue weighted by Gasteiger charge is -2.45. The standard InChI is InChI=1S/C66H103NO26/c1-34-16-12-11-13-17-35(2)46(83-8)30-42-21-19-40(7)66(82,93-42)60(78)61(79)67-23-15-14-18-43(67)62(80)88-47(31-44(70)36(3)27-39(6)52(72)59(85-10)51(71)38(5)26-34)37(4)28-41-20-22-45(48(29-41)84-9)86-24-25-87-65(81)92-64-57(77)55(75)58(50(33-69)90-64)91-63-56(76)54(74)53(73)49(32-68)89-63/h11-13,16-17,27,34,36-38,40-43,45-50,52-59,63-64,68-69,72-77,82H,14-15,18-26,28-33H2,1-10H3/b13-11+,16-12+,35-17+,39-27+/t34-,36-,37-,38-,40-,41?,42+,43?,45-,46+,47+,48-,49-,50-,52-,53-,54+,55-,56-,57-,58-,59+,63?,64+,66-/m1/s1. The SMILES string of the molecule is CO[C@H]1C[C@@H]2CC[C@@H](C)[C@@](O)(O2)C(=O)C(=O)N2CCCCC2C(=O)O[C@H]([C@H](C)CC2CC[C@@H](OCCOC(=O)O[C@@H]3O[C@H](CO)[C@@H](OC4O[C@H](CO)[C@@H](O)[C@H](O)[C@H]4O)[C@H](O)[C@H]3O)[C@H](OC)C2)CC(=O)[C@H](C)/C=C(\C)[C@@H](O)[C@@H](OC)C(=O)[C@H](C)C[C@H](C)/C=C/C=C/C=C/1C. The van der Waals surface area contributed by atoms with E-state index in [4.69, 9.17) is 52.1 Å². The zero-order valence-corrected chi connectivity index (χ0v) is 55.3. The van der Waals surface area contributed by atoms with Crippen molar-refractivity contribution >= 4 is 35.4 Å². The van der Waals surface area contributed by atoms with Crippen LogP contribution in [0, 0.1) is 35.5 Å². The highest BCUT2D eigenvalue weighted by Crippen LogP contribution is 2.39. The lowest BCUT2D eigenvalue weighted by molar-refractivity contribution is -0.355. The molecule has 1 amide bonds. The van der Waals surface area contributed by atoms with E-state index in [1.54, 1.807) is 40.9 Å². The van der Waals surface area contributed by atoms with Crippen LogP contribution in [0.4, 0.5) is 4.79 Å². The molecule has 0 spiro atoms. The number of ketones is 3. The number of rotatable bonds is 15. The number of allylic oxidation sites excluding steroid dienone is 6. The second kappa shape index (κ2) is 36.2. The Morgan fingerprint density at radius 2 is 1.44 bits per heavy atom. The topological polar surface area (TPSA) is 389 Å². The fraction of sp³-hybridized carbons (Fsp3) is 0.788. The largest absolute Gasteiger partial charge is 0.510 e. The van der Waals surface area contributed by atoms with Crippen LogP contribution in [0.2, 0.25) is 0 Å². The lowest BCUT2D eigenvalue weighted by Crippen LogP contribution is -2.64. The summed E-state index contributed by atoms with van der Waals surface area (Å²) >= 11 is 0. The molecule has 6 rings (SSSR count). The zero-order chi connectivity index (χ0) is 68.6. The lowest BCUT2D eigenvalue weighted by atomic mass is 9.78. The van der Waals surface area contributed by atoms with Gasteiger partial charge in [-0.3, -0.25) is 19.2 Å². The van der Waals surface area contributed by atoms with Crippen LogP contribution in [0.1, 0.15) is 126 Å². The highest BCUT2D eigenvalue weighted by molar-refractivity contribution is 6.39. The molecule has 27 heteroatoms. The van der Waals surface area contributed by atoms with Crippen LogP contribution in [0.25, 0.3) is 0 Å². The quantitative estimate of drug-likeness (QED) is 0.0490. The van der Waals surface area contributed by atoms with Crippen molar-refractivity contribution in [2.24, 2.45) is 35.5 Å². The predicted octanol–water partition coefficient (Wildman–Crippen LogP) is 1.98. The van der Waals surface area contributed by atoms with Crippen LogP contribution in [0.5, 0.6) is 0 Å². The number of amides is 1. The molecule has 0 aromatic carbocycles. The molecule has 3 unspecified atom stereocenters. The predicted molar refractivity (Wildman–Crippen MR) is 328 cm³/mol. The molecule has 5 fully saturated rings. The van der Waals surface area contributed by atoms with Crippen LogP contribution in [-0.4, -0.2) is 257 Å². The van der Waals surface area contributed by atoms with E-state index in [9.17, 15) is 74.7 Å². The number of ether oxygens (including phenoxy) is 11. The zero-order valence-electron chi connectivity index (χ0n) is 55.3. The van der Waals surface area contributed by atoms with Gasteiger partial charge in [0.1, 0.15) is 85.6 Å². The van der Waals surface area contributed by atoms with E-state index in [1.807, 2.05) is 51.2 Å². The molecular formula is C66H103NO26. The molecule has 6 aliphatic rings. The highest BCUT2D eigenvalue weighted by Gasteiger charge is 2.54. The molecule has 5 aliphatic heterocycles. The summed E-state index contributed by atoms with van der Waals surface area (Å²) in [6.07, 6.45) is -9.34. The minimum Gasteiger partial charge on any atom is -0.460 e. The molecule has 5 heterocycles. The third kappa shape index (κ3) is 20.1. The van der Waals surface area contributed by atoms with E-state index in [2.05, 4.69) is 0 Å². The van der Waals surface area contributed by atoms with Gasteiger partial charge >= 0.3 is 12.1 Å².